The predicted octanol–water partition coefficient (Wildman–Crippen LogP) is 3.86. The summed E-state index contributed by atoms with van der Waals surface area (Å²) in [4.78, 5) is 13.2. The van der Waals surface area contributed by atoms with E-state index >= 15 is 0 Å². The fourth-order valence-electron chi connectivity index (χ4n) is 3.20. The zero-order valence-corrected chi connectivity index (χ0v) is 17.0. The van der Waals surface area contributed by atoms with Gasteiger partial charge in [0.05, 0.1) is 6.04 Å². The Morgan fingerprint density at radius 1 is 1.07 bits per heavy atom. The summed E-state index contributed by atoms with van der Waals surface area (Å²) in [5.41, 5.74) is 7.66. The molecule has 144 valence electrons. The highest BCUT2D eigenvalue weighted by Gasteiger charge is 2.37. The smallest absolute Gasteiger partial charge is 0.240 e. The first-order valence-corrected chi connectivity index (χ1v) is 10.2. The minimum absolute atomic E-state index is 0.0563. The molecule has 0 fully saturated rings. The van der Waals surface area contributed by atoms with E-state index in [9.17, 15) is 4.79 Å². The lowest BCUT2D eigenvalue weighted by Crippen LogP contribution is -2.41. The Morgan fingerprint density at radius 3 is 2.36 bits per heavy atom. The molecule has 0 unspecified atom stereocenters. The van der Waals surface area contributed by atoms with Crippen molar-refractivity contribution in [2.45, 2.75) is 43.6 Å². The number of carbonyl (C=O) groups excluding carboxylic acids is 1. The third kappa shape index (κ3) is 3.62. The first-order chi connectivity index (χ1) is 13.5. The molecule has 1 aliphatic heterocycles. The number of nitrogens with one attached hydrogen (secondary N) is 2. The van der Waals surface area contributed by atoms with Gasteiger partial charge in [0.25, 0.3) is 0 Å². The standard InChI is InChI=1S/C21H23N5OS/c1-4-17-23-24-21-26(17)25-18(15-9-5-13(2)6-10-15)19(28-21)20(27)22-16-11-7-14(3)8-12-16/h5-12,18-19,25H,4H2,1-3H3,(H,22,27)/t18-,19+/m0/s1. The minimum atomic E-state index is -0.370. The van der Waals surface area contributed by atoms with Gasteiger partial charge in [-0.25, -0.2) is 4.68 Å². The second-order valence-corrected chi connectivity index (χ2v) is 8.11. The molecule has 0 saturated heterocycles. The number of rotatable bonds is 4. The Hall–Kier alpha value is -2.80. The molecule has 3 aromatic rings. The van der Waals surface area contributed by atoms with E-state index in [2.05, 4.69) is 52.1 Å². The number of hydrogen-bond donors (Lipinski definition) is 2. The molecule has 0 spiro atoms. The van der Waals surface area contributed by atoms with Crippen LogP contribution in [0.3, 0.4) is 0 Å². The first kappa shape index (κ1) is 18.6. The van der Waals surface area contributed by atoms with E-state index in [0.717, 1.165) is 29.1 Å². The molecule has 1 amide bonds. The summed E-state index contributed by atoms with van der Waals surface area (Å²) in [6, 6.07) is 15.9. The summed E-state index contributed by atoms with van der Waals surface area (Å²) in [5, 5.41) is 11.9. The number of carbonyl (C=O) groups is 1. The van der Waals surface area contributed by atoms with Gasteiger partial charge in [-0.2, -0.15) is 0 Å². The highest BCUT2D eigenvalue weighted by molar-refractivity contribution is 8.00. The van der Waals surface area contributed by atoms with Gasteiger partial charge in [0, 0.05) is 12.1 Å². The molecule has 0 aliphatic carbocycles. The van der Waals surface area contributed by atoms with Gasteiger partial charge in [0.15, 0.2) is 5.82 Å². The molecule has 2 heterocycles. The first-order valence-electron chi connectivity index (χ1n) is 9.36. The predicted molar refractivity (Wildman–Crippen MR) is 112 cm³/mol. The fraction of sp³-hybridized carbons (Fsp3) is 0.286. The quantitative estimate of drug-likeness (QED) is 0.704. The molecule has 7 heteroatoms. The average Bonchev–Trinajstić information content (AvgIpc) is 3.11. The van der Waals surface area contributed by atoms with Crippen LogP contribution in [-0.4, -0.2) is 26.0 Å². The summed E-state index contributed by atoms with van der Waals surface area (Å²) in [7, 11) is 0. The summed E-state index contributed by atoms with van der Waals surface area (Å²) in [6.07, 6.45) is 0.765. The number of anilines is 1. The Labute approximate surface area is 168 Å². The summed E-state index contributed by atoms with van der Waals surface area (Å²) < 4.78 is 1.91. The minimum Gasteiger partial charge on any atom is -0.325 e. The molecular formula is C21H23N5OS. The van der Waals surface area contributed by atoms with Crippen molar-refractivity contribution in [1.29, 1.82) is 0 Å². The summed E-state index contributed by atoms with van der Waals surface area (Å²) in [5.74, 6) is 0.802. The Morgan fingerprint density at radius 2 is 1.71 bits per heavy atom. The van der Waals surface area contributed by atoms with E-state index in [4.69, 9.17) is 0 Å². The molecule has 1 aromatic heterocycles. The molecule has 1 aliphatic rings. The molecule has 28 heavy (non-hydrogen) atoms. The van der Waals surface area contributed by atoms with Crippen LogP contribution in [0.2, 0.25) is 0 Å². The van der Waals surface area contributed by atoms with Crippen molar-refractivity contribution in [3.8, 4) is 0 Å². The molecule has 2 atom stereocenters. The average molecular weight is 394 g/mol. The van der Waals surface area contributed by atoms with Crippen LogP contribution >= 0.6 is 11.8 Å². The second-order valence-electron chi connectivity index (χ2n) is 7.00. The van der Waals surface area contributed by atoms with Crippen LogP contribution in [0.4, 0.5) is 5.69 Å². The number of benzene rings is 2. The van der Waals surface area contributed by atoms with Crippen LogP contribution in [0.5, 0.6) is 0 Å². The van der Waals surface area contributed by atoms with Crippen molar-refractivity contribution in [3.05, 3.63) is 71.0 Å². The van der Waals surface area contributed by atoms with Gasteiger partial charge >= 0.3 is 0 Å². The van der Waals surface area contributed by atoms with Crippen molar-refractivity contribution in [2.75, 3.05) is 10.7 Å². The molecule has 0 saturated carbocycles. The number of hydrogen-bond acceptors (Lipinski definition) is 5. The Balaban J connectivity index is 1.66. The van der Waals surface area contributed by atoms with Gasteiger partial charge in [-0.3, -0.25) is 4.79 Å². The van der Waals surface area contributed by atoms with Gasteiger partial charge in [0.2, 0.25) is 11.1 Å². The number of amides is 1. The zero-order valence-electron chi connectivity index (χ0n) is 16.1. The maximum Gasteiger partial charge on any atom is 0.240 e. The molecule has 2 N–H and O–H groups in total. The molecule has 0 radical (unpaired) electrons. The van der Waals surface area contributed by atoms with Crippen LogP contribution in [-0.2, 0) is 11.2 Å². The number of nitrogens with zero attached hydrogens (tertiary/aromatic N) is 3. The van der Waals surface area contributed by atoms with Gasteiger partial charge in [0.1, 0.15) is 5.25 Å². The largest absolute Gasteiger partial charge is 0.325 e. The van der Waals surface area contributed by atoms with Crippen molar-refractivity contribution >= 4 is 23.4 Å². The Bertz CT molecular complexity index is 981. The van der Waals surface area contributed by atoms with Crippen LogP contribution < -0.4 is 10.7 Å². The van der Waals surface area contributed by atoms with E-state index in [1.807, 2.05) is 42.8 Å². The van der Waals surface area contributed by atoms with Crippen molar-refractivity contribution in [1.82, 2.24) is 14.9 Å². The highest BCUT2D eigenvalue weighted by atomic mass is 32.2. The lowest BCUT2D eigenvalue weighted by atomic mass is 10.0. The molecular weight excluding hydrogens is 370 g/mol. The van der Waals surface area contributed by atoms with Crippen LogP contribution in [0.1, 0.15) is 35.5 Å². The van der Waals surface area contributed by atoms with E-state index in [-0.39, 0.29) is 17.2 Å². The lowest BCUT2D eigenvalue weighted by molar-refractivity contribution is -0.116. The Kier molecular flexibility index (Phi) is 5.09. The summed E-state index contributed by atoms with van der Waals surface area (Å²) in [6.45, 7) is 6.13. The fourth-order valence-corrected chi connectivity index (χ4v) is 4.30. The highest BCUT2D eigenvalue weighted by Crippen LogP contribution is 2.37. The van der Waals surface area contributed by atoms with Crippen molar-refractivity contribution < 1.29 is 4.79 Å². The third-order valence-electron chi connectivity index (χ3n) is 4.83. The van der Waals surface area contributed by atoms with E-state index in [1.54, 1.807) is 0 Å². The SMILES string of the molecule is CCc1nnc2n1N[C@@H](c1ccc(C)cc1)[C@H](C(=O)Nc1ccc(C)cc1)S2. The third-order valence-corrected chi connectivity index (χ3v) is 6.05. The lowest BCUT2D eigenvalue weighted by Gasteiger charge is -2.33. The molecule has 2 aromatic carbocycles. The van der Waals surface area contributed by atoms with Gasteiger partial charge < -0.3 is 10.7 Å². The van der Waals surface area contributed by atoms with Gasteiger partial charge in [-0.05, 0) is 31.5 Å². The number of thioether (sulfide) groups is 1. The van der Waals surface area contributed by atoms with Crippen molar-refractivity contribution in [3.63, 3.8) is 0 Å². The topological polar surface area (TPSA) is 71.8 Å². The normalized spacial score (nSPS) is 18.2. The van der Waals surface area contributed by atoms with Crippen LogP contribution in [0, 0.1) is 13.8 Å². The van der Waals surface area contributed by atoms with Crippen LogP contribution in [0.15, 0.2) is 53.7 Å². The van der Waals surface area contributed by atoms with Crippen LogP contribution in [0.25, 0.3) is 0 Å². The van der Waals surface area contributed by atoms with E-state index in [0.29, 0.717) is 5.16 Å². The maximum absolute atomic E-state index is 13.2. The van der Waals surface area contributed by atoms with E-state index < -0.39 is 0 Å². The molecule has 0 bridgehead atoms. The monoisotopic (exact) mass is 393 g/mol. The number of aromatic nitrogens is 3. The van der Waals surface area contributed by atoms with Gasteiger partial charge in [-0.15, -0.1) is 10.2 Å². The molecule has 4 rings (SSSR count). The van der Waals surface area contributed by atoms with Gasteiger partial charge in [-0.1, -0.05) is 66.2 Å². The number of aryl methyl sites for hydroxylation is 3. The maximum atomic E-state index is 13.2. The zero-order chi connectivity index (χ0) is 19.7. The second kappa shape index (κ2) is 7.67. The summed E-state index contributed by atoms with van der Waals surface area (Å²) >= 11 is 1.45. The number of fused-ring (bicyclic) bond motifs is 1. The molecule has 6 nitrogen and oxygen atoms in total. The van der Waals surface area contributed by atoms with Crippen molar-refractivity contribution in [2.24, 2.45) is 0 Å². The van der Waals surface area contributed by atoms with E-state index in [1.165, 1.54) is 17.3 Å².